The van der Waals surface area contributed by atoms with E-state index in [9.17, 15) is 13.2 Å². The quantitative estimate of drug-likeness (QED) is 0.212. The molecule has 0 spiro atoms. The van der Waals surface area contributed by atoms with E-state index in [1.165, 1.54) is 18.2 Å². The number of anilines is 1. The number of carbonyl (C=O) groups excluding carboxylic acids is 1. The number of aryl methyl sites for hydroxylation is 2. The first-order chi connectivity index (χ1) is 18.8. The number of nitrogens with zero attached hydrogens (tertiary/aromatic N) is 1. The fourth-order valence-electron chi connectivity index (χ4n) is 3.94. The number of ether oxygens (including phenoxy) is 2. The topological polar surface area (TPSA) is 72.9 Å². The lowest BCUT2D eigenvalue weighted by atomic mass is 10.1. The highest BCUT2D eigenvalue weighted by atomic mass is 32.2. The highest BCUT2D eigenvalue weighted by Gasteiger charge is 2.29. The minimum absolute atomic E-state index is 0.0380. The van der Waals surface area contributed by atoms with Gasteiger partial charge in [0.1, 0.15) is 6.61 Å². The first-order valence-corrected chi connectivity index (χ1v) is 14.0. The molecule has 0 fully saturated rings. The summed E-state index contributed by atoms with van der Waals surface area (Å²) in [5, 5.41) is 0. The predicted octanol–water partition coefficient (Wildman–Crippen LogP) is 6.58. The fraction of sp³-hybridized carbons (Fsp3) is 0.156. The zero-order chi connectivity index (χ0) is 27.8. The molecule has 0 bridgehead atoms. The molecule has 0 aliphatic carbocycles. The van der Waals surface area contributed by atoms with Crippen LogP contribution < -0.4 is 13.8 Å². The van der Waals surface area contributed by atoms with Crippen LogP contribution in [0.2, 0.25) is 0 Å². The fourth-order valence-corrected chi connectivity index (χ4v) is 5.33. The molecule has 7 heteroatoms. The molecule has 0 heterocycles. The number of amides is 1. The molecule has 6 nitrogen and oxygen atoms in total. The maximum atomic E-state index is 13.6. The predicted molar refractivity (Wildman–Crippen MR) is 154 cm³/mol. The zero-order valence-electron chi connectivity index (χ0n) is 22.2. The van der Waals surface area contributed by atoms with Crippen LogP contribution in [0, 0.1) is 6.92 Å². The van der Waals surface area contributed by atoms with Gasteiger partial charge < -0.3 is 9.47 Å². The molecule has 200 valence electrons. The van der Waals surface area contributed by atoms with Crippen molar-refractivity contribution < 1.29 is 22.7 Å². The Labute approximate surface area is 230 Å². The maximum Gasteiger partial charge on any atom is 0.271 e. The third-order valence-corrected chi connectivity index (χ3v) is 7.92. The molecule has 0 saturated heterocycles. The summed E-state index contributed by atoms with van der Waals surface area (Å²) in [7, 11) is -2.62. The average Bonchev–Trinajstić information content (AvgIpc) is 2.96. The van der Waals surface area contributed by atoms with Gasteiger partial charge in [0.25, 0.3) is 15.9 Å². The third kappa shape index (κ3) is 6.75. The van der Waals surface area contributed by atoms with Crippen molar-refractivity contribution in [1.29, 1.82) is 0 Å². The van der Waals surface area contributed by atoms with Crippen molar-refractivity contribution in [3.05, 3.63) is 125 Å². The van der Waals surface area contributed by atoms with Crippen LogP contribution in [0.4, 0.5) is 5.69 Å². The van der Waals surface area contributed by atoms with Crippen molar-refractivity contribution in [3.8, 4) is 11.5 Å². The molecule has 4 rings (SSSR count). The molecular formula is C32H31NO5S. The van der Waals surface area contributed by atoms with Gasteiger partial charge in [0, 0.05) is 6.08 Å². The Morgan fingerprint density at radius 3 is 2.18 bits per heavy atom. The van der Waals surface area contributed by atoms with E-state index in [2.05, 4.69) is 0 Å². The van der Waals surface area contributed by atoms with Crippen molar-refractivity contribution >= 4 is 27.7 Å². The number of hydrogen-bond donors (Lipinski definition) is 0. The summed E-state index contributed by atoms with van der Waals surface area (Å²) < 4.78 is 39.5. The molecule has 0 aromatic heterocycles. The van der Waals surface area contributed by atoms with Crippen LogP contribution in [0.25, 0.3) is 6.08 Å². The number of carbonyl (C=O) groups is 1. The van der Waals surface area contributed by atoms with E-state index in [0.29, 0.717) is 23.7 Å². The van der Waals surface area contributed by atoms with E-state index in [1.54, 1.807) is 55.7 Å². The molecule has 4 aromatic carbocycles. The van der Waals surface area contributed by atoms with Crippen LogP contribution >= 0.6 is 0 Å². The van der Waals surface area contributed by atoms with Gasteiger partial charge >= 0.3 is 0 Å². The number of benzene rings is 4. The summed E-state index contributed by atoms with van der Waals surface area (Å²) in [6.45, 7) is 4.27. The maximum absolute atomic E-state index is 13.6. The first kappa shape index (κ1) is 27.7. The minimum atomic E-state index is -4.16. The van der Waals surface area contributed by atoms with Crippen LogP contribution in [-0.4, -0.2) is 21.4 Å². The Hall–Kier alpha value is -4.36. The van der Waals surface area contributed by atoms with Crippen molar-refractivity contribution in [2.75, 3.05) is 11.4 Å². The molecule has 0 aliphatic heterocycles. The zero-order valence-corrected chi connectivity index (χ0v) is 23.0. The highest BCUT2D eigenvalue weighted by molar-refractivity contribution is 7.93. The molecule has 0 aliphatic rings. The molecule has 0 radical (unpaired) electrons. The van der Waals surface area contributed by atoms with Crippen LogP contribution in [0.3, 0.4) is 0 Å². The van der Waals surface area contributed by atoms with Gasteiger partial charge in [-0.2, -0.15) is 4.31 Å². The smallest absolute Gasteiger partial charge is 0.271 e. The van der Waals surface area contributed by atoms with Crippen molar-refractivity contribution in [2.45, 2.75) is 31.8 Å². The van der Waals surface area contributed by atoms with Crippen molar-refractivity contribution in [3.63, 3.8) is 0 Å². The third-order valence-electron chi connectivity index (χ3n) is 6.18. The van der Waals surface area contributed by atoms with Crippen molar-refractivity contribution in [1.82, 2.24) is 0 Å². The molecule has 0 unspecified atom stereocenters. The molecule has 0 N–H and O–H groups in total. The molecule has 39 heavy (non-hydrogen) atoms. The lowest BCUT2D eigenvalue weighted by molar-refractivity contribution is -0.113. The molecular weight excluding hydrogens is 510 g/mol. The summed E-state index contributed by atoms with van der Waals surface area (Å²) in [5.74, 6) is 0.368. The number of sulfonamides is 1. The Bertz CT molecular complexity index is 1540. The molecule has 1 amide bonds. The summed E-state index contributed by atoms with van der Waals surface area (Å²) in [4.78, 5) is 13.5. The van der Waals surface area contributed by atoms with E-state index in [0.717, 1.165) is 27.4 Å². The van der Waals surface area contributed by atoms with E-state index < -0.39 is 15.9 Å². The summed E-state index contributed by atoms with van der Waals surface area (Å²) >= 11 is 0. The van der Waals surface area contributed by atoms with E-state index in [-0.39, 0.29) is 10.6 Å². The van der Waals surface area contributed by atoms with E-state index >= 15 is 0 Å². The number of rotatable bonds is 10. The van der Waals surface area contributed by atoms with Gasteiger partial charge in [-0.25, -0.2) is 8.42 Å². The van der Waals surface area contributed by atoms with E-state index in [4.69, 9.17) is 9.47 Å². The van der Waals surface area contributed by atoms with Crippen LogP contribution in [0.5, 0.6) is 11.5 Å². The SMILES string of the molecule is CCc1ccc(N(C(=O)/C=C/c2ccc(OCc3ccccc3)c(OC)c2)S(=O)(=O)c2ccc(C)cc2)cc1. The first-order valence-electron chi connectivity index (χ1n) is 12.6. The second-order valence-electron chi connectivity index (χ2n) is 8.96. The Kier molecular flexibility index (Phi) is 8.84. The lowest BCUT2D eigenvalue weighted by Crippen LogP contribution is -2.35. The highest BCUT2D eigenvalue weighted by Crippen LogP contribution is 2.30. The normalized spacial score (nSPS) is 11.4. The molecule has 0 atom stereocenters. The standard InChI is InChI=1S/C32H31NO5S/c1-4-25-12-16-28(17-13-25)33(39(35,36)29-18-10-24(2)11-19-29)32(34)21-15-26-14-20-30(31(22-26)37-3)38-23-27-8-6-5-7-9-27/h5-22H,4,23H2,1-3H3/b21-15+. The molecule has 0 saturated carbocycles. The van der Waals surface area contributed by atoms with Crippen LogP contribution in [0.15, 0.2) is 108 Å². The van der Waals surface area contributed by atoms with Gasteiger partial charge in [0.15, 0.2) is 11.5 Å². The molecule has 4 aromatic rings. The van der Waals surface area contributed by atoms with Gasteiger partial charge in [-0.15, -0.1) is 0 Å². The van der Waals surface area contributed by atoms with E-state index in [1.807, 2.05) is 56.3 Å². The summed E-state index contributed by atoms with van der Waals surface area (Å²) in [6.07, 6.45) is 3.61. The van der Waals surface area contributed by atoms with Crippen molar-refractivity contribution in [2.24, 2.45) is 0 Å². The second-order valence-corrected chi connectivity index (χ2v) is 10.7. The number of methoxy groups -OCH3 is 1. The Morgan fingerprint density at radius 1 is 0.846 bits per heavy atom. The van der Waals surface area contributed by atoms with Crippen LogP contribution in [-0.2, 0) is 27.8 Å². The summed E-state index contributed by atoms with van der Waals surface area (Å²) in [5.41, 5.74) is 3.90. The lowest BCUT2D eigenvalue weighted by Gasteiger charge is -2.22. The van der Waals surface area contributed by atoms with Gasteiger partial charge in [0.2, 0.25) is 0 Å². The van der Waals surface area contributed by atoms with Gasteiger partial charge in [0.05, 0.1) is 17.7 Å². The Balaban J connectivity index is 1.61. The summed E-state index contributed by atoms with van der Waals surface area (Å²) in [6, 6.07) is 28.4. The second kappa shape index (κ2) is 12.5. The Morgan fingerprint density at radius 2 is 1.54 bits per heavy atom. The largest absolute Gasteiger partial charge is 0.493 e. The van der Waals surface area contributed by atoms with Gasteiger partial charge in [-0.1, -0.05) is 73.2 Å². The van der Waals surface area contributed by atoms with Gasteiger partial charge in [-0.05, 0) is 72.5 Å². The average molecular weight is 542 g/mol. The minimum Gasteiger partial charge on any atom is -0.493 e. The van der Waals surface area contributed by atoms with Gasteiger partial charge in [-0.3, -0.25) is 4.79 Å². The number of hydrogen-bond acceptors (Lipinski definition) is 5. The van der Waals surface area contributed by atoms with Crippen LogP contribution in [0.1, 0.15) is 29.2 Å². The monoisotopic (exact) mass is 541 g/mol.